The standard InChI is InChI=1S/C14H25F3N2/c1-13(2,9-18-12-3-4-12)10-19-7-5-11(6-8-19)14(15,16)17/h11-12,18H,3-10H2,1-2H3. The molecule has 2 rings (SSSR count). The van der Waals surface area contributed by atoms with E-state index < -0.39 is 12.1 Å². The summed E-state index contributed by atoms with van der Waals surface area (Å²) in [6, 6.07) is 0.690. The van der Waals surface area contributed by atoms with E-state index >= 15 is 0 Å². The summed E-state index contributed by atoms with van der Waals surface area (Å²) in [7, 11) is 0. The van der Waals surface area contributed by atoms with Crippen molar-refractivity contribution in [1.29, 1.82) is 0 Å². The summed E-state index contributed by atoms with van der Waals surface area (Å²) in [4.78, 5) is 2.19. The molecule has 0 aromatic rings. The van der Waals surface area contributed by atoms with Gasteiger partial charge in [-0.15, -0.1) is 0 Å². The minimum atomic E-state index is -4.00. The van der Waals surface area contributed by atoms with E-state index in [1.54, 1.807) is 0 Å². The van der Waals surface area contributed by atoms with Crippen LogP contribution in [-0.2, 0) is 0 Å². The lowest BCUT2D eigenvalue weighted by Gasteiger charge is -2.38. The zero-order chi connectivity index (χ0) is 14.1. The Labute approximate surface area is 113 Å². The topological polar surface area (TPSA) is 15.3 Å². The van der Waals surface area contributed by atoms with Crippen LogP contribution in [0.3, 0.4) is 0 Å². The first-order valence-electron chi connectivity index (χ1n) is 7.29. The Morgan fingerprint density at radius 3 is 2.11 bits per heavy atom. The van der Waals surface area contributed by atoms with E-state index in [0.29, 0.717) is 19.1 Å². The average Bonchev–Trinajstić information content (AvgIpc) is 3.09. The number of piperidine rings is 1. The van der Waals surface area contributed by atoms with Crippen molar-refractivity contribution in [1.82, 2.24) is 10.2 Å². The maximum atomic E-state index is 12.6. The SMILES string of the molecule is CC(C)(CNC1CC1)CN1CCC(C(F)(F)F)CC1. The van der Waals surface area contributed by atoms with E-state index in [2.05, 4.69) is 24.1 Å². The number of likely N-dealkylation sites (tertiary alicyclic amines) is 1. The number of nitrogens with one attached hydrogen (secondary N) is 1. The number of rotatable bonds is 5. The molecule has 1 N–H and O–H groups in total. The van der Waals surface area contributed by atoms with Crippen LogP contribution < -0.4 is 5.32 Å². The lowest BCUT2D eigenvalue weighted by Crippen LogP contribution is -2.45. The second-order valence-corrected chi connectivity index (χ2v) is 6.91. The average molecular weight is 278 g/mol. The molecule has 0 bridgehead atoms. The third-order valence-corrected chi connectivity index (χ3v) is 4.15. The van der Waals surface area contributed by atoms with Crippen molar-refractivity contribution in [3.63, 3.8) is 0 Å². The van der Waals surface area contributed by atoms with E-state index in [1.807, 2.05) is 0 Å². The molecule has 1 saturated heterocycles. The molecule has 0 aromatic carbocycles. The third-order valence-electron chi connectivity index (χ3n) is 4.15. The number of nitrogens with zero attached hydrogens (tertiary/aromatic N) is 1. The first-order valence-corrected chi connectivity index (χ1v) is 7.29. The molecule has 2 aliphatic rings. The second-order valence-electron chi connectivity index (χ2n) is 6.91. The molecule has 0 aromatic heterocycles. The molecular formula is C14H25F3N2. The lowest BCUT2D eigenvalue weighted by atomic mass is 9.90. The molecular weight excluding hydrogens is 253 g/mol. The highest BCUT2D eigenvalue weighted by atomic mass is 19.4. The van der Waals surface area contributed by atoms with Crippen molar-refractivity contribution in [2.75, 3.05) is 26.2 Å². The van der Waals surface area contributed by atoms with Gasteiger partial charge in [0.05, 0.1) is 5.92 Å². The minimum Gasteiger partial charge on any atom is -0.313 e. The summed E-state index contributed by atoms with van der Waals surface area (Å²) in [6.07, 6.45) is -0.944. The lowest BCUT2D eigenvalue weighted by molar-refractivity contribution is -0.185. The van der Waals surface area contributed by atoms with E-state index in [4.69, 9.17) is 0 Å². The molecule has 0 atom stereocenters. The smallest absolute Gasteiger partial charge is 0.313 e. The van der Waals surface area contributed by atoms with Crippen LogP contribution in [0.5, 0.6) is 0 Å². The van der Waals surface area contributed by atoms with Crippen LogP contribution in [0.1, 0.15) is 39.5 Å². The number of halogens is 3. The number of alkyl halides is 3. The molecule has 1 aliphatic heterocycles. The van der Waals surface area contributed by atoms with Gasteiger partial charge in [-0.25, -0.2) is 0 Å². The van der Waals surface area contributed by atoms with Gasteiger partial charge in [0, 0.05) is 19.1 Å². The molecule has 19 heavy (non-hydrogen) atoms. The van der Waals surface area contributed by atoms with E-state index in [1.165, 1.54) is 12.8 Å². The van der Waals surface area contributed by atoms with Gasteiger partial charge in [-0.05, 0) is 44.2 Å². The second kappa shape index (κ2) is 5.60. The minimum absolute atomic E-state index is 0.133. The predicted octanol–water partition coefficient (Wildman–Crippen LogP) is 3.04. The maximum absolute atomic E-state index is 12.6. The highest BCUT2D eigenvalue weighted by molar-refractivity contribution is 4.86. The number of hydrogen-bond acceptors (Lipinski definition) is 2. The summed E-state index contributed by atoms with van der Waals surface area (Å²) in [5, 5.41) is 3.51. The normalized spacial score (nSPS) is 23.8. The molecule has 1 heterocycles. The van der Waals surface area contributed by atoms with Crippen molar-refractivity contribution >= 4 is 0 Å². The molecule has 0 amide bonds. The van der Waals surface area contributed by atoms with Gasteiger partial charge in [-0.3, -0.25) is 0 Å². The van der Waals surface area contributed by atoms with Gasteiger partial charge in [0.2, 0.25) is 0 Å². The monoisotopic (exact) mass is 278 g/mol. The Hall–Kier alpha value is -0.290. The van der Waals surface area contributed by atoms with Gasteiger partial charge in [0.15, 0.2) is 0 Å². The molecule has 0 radical (unpaired) electrons. The third kappa shape index (κ3) is 4.95. The molecule has 2 fully saturated rings. The molecule has 1 saturated carbocycles. The first-order chi connectivity index (χ1) is 8.76. The van der Waals surface area contributed by atoms with Crippen LogP contribution in [0.4, 0.5) is 13.2 Å². The molecule has 5 heteroatoms. The fourth-order valence-corrected chi connectivity index (χ4v) is 2.79. The van der Waals surface area contributed by atoms with E-state index in [0.717, 1.165) is 13.1 Å². The first kappa shape index (κ1) is 15.1. The molecule has 0 unspecified atom stereocenters. The fraction of sp³-hybridized carbons (Fsp3) is 1.00. The molecule has 112 valence electrons. The number of hydrogen-bond donors (Lipinski definition) is 1. The van der Waals surface area contributed by atoms with Gasteiger partial charge in [0.25, 0.3) is 0 Å². The Morgan fingerprint density at radius 1 is 1.05 bits per heavy atom. The maximum Gasteiger partial charge on any atom is 0.391 e. The van der Waals surface area contributed by atoms with Crippen molar-refractivity contribution < 1.29 is 13.2 Å². The van der Waals surface area contributed by atoms with Crippen LogP contribution in [0.25, 0.3) is 0 Å². The van der Waals surface area contributed by atoms with E-state index in [9.17, 15) is 13.2 Å². The van der Waals surface area contributed by atoms with Crippen molar-refractivity contribution in [2.24, 2.45) is 11.3 Å². The van der Waals surface area contributed by atoms with Gasteiger partial charge >= 0.3 is 6.18 Å². The summed E-state index contributed by atoms with van der Waals surface area (Å²) in [6.45, 7) is 7.39. The molecule has 0 spiro atoms. The van der Waals surface area contributed by atoms with Crippen molar-refractivity contribution in [3.05, 3.63) is 0 Å². The zero-order valence-corrected chi connectivity index (χ0v) is 11.9. The molecule has 1 aliphatic carbocycles. The summed E-state index contributed by atoms with van der Waals surface area (Å²) in [5.74, 6) is -1.09. The van der Waals surface area contributed by atoms with Crippen LogP contribution >= 0.6 is 0 Å². The van der Waals surface area contributed by atoms with Crippen LogP contribution in [0.2, 0.25) is 0 Å². The van der Waals surface area contributed by atoms with Crippen molar-refractivity contribution in [2.45, 2.75) is 51.7 Å². The van der Waals surface area contributed by atoms with Gasteiger partial charge < -0.3 is 10.2 Å². The fourth-order valence-electron chi connectivity index (χ4n) is 2.79. The van der Waals surface area contributed by atoms with Gasteiger partial charge in [0.1, 0.15) is 0 Å². The molecule has 2 nitrogen and oxygen atoms in total. The van der Waals surface area contributed by atoms with Gasteiger partial charge in [-0.2, -0.15) is 13.2 Å². The van der Waals surface area contributed by atoms with Crippen LogP contribution in [0, 0.1) is 11.3 Å². The largest absolute Gasteiger partial charge is 0.391 e. The zero-order valence-electron chi connectivity index (χ0n) is 11.9. The summed E-state index contributed by atoms with van der Waals surface area (Å²) < 4.78 is 37.8. The Kier molecular flexibility index (Phi) is 4.45. The Balaban J connectivity index is 1.71. The highest BCUT2D eigenvalue weighted by Gasteiger charge is 2.41. The van der Waals surface area contributed by atoms with Crippen LogP contribution in [0.15, 0.2) is 0 Å². The van der Waals surface area contributed by atoms with Crippen molar-refractivity contribution in [3.8, 4) is 0 Å². The summed E-state index contributed by atoms with van der Waals surface area (Å²) in [5.41, 5.74) is 0.133. The van der Waals surface area contributed by atoms with Gasteiger partial charge in [-0.1, -0.05) is 13.8 Å². The Morgan fingerprint density at radius 2 is 1.63 bits per heavy atom. The predicted molar refractivity (Wildman–Crippen MR) is 70.0 cm³/mol. The quantitative estimate of drug-likeness (QED) is 0.831. The van der Waals surface area contributed by atoms with E-state index in [-0.39, 0.29) is 18.3 Å². The summed E-state index contributed by atoms with van der Waals surface area (Å²) >= 11 is 0. The highest BCUT2D eigenvalue weighted by Crippen LogP contribution is 2.34. The Bertz CT molecular complexity index is 290. The van der Waals surface area contributed by atoms with Crippen LogP contribution in [-0.4, -0.2) is 43.3 Å².